The first-order valence-electron chi connectivity index (χ1n) is 8.10. The molecule has 0 aromatic heterocycles. The van der Waals surface area contributed by atoms with Crippen LogP contribution in [-0.4, -0.2) is 39.8 Å². The Bertz CT molecular complexity index is 904. The summed E-state index contributed by atoms with van der Waals surface area (Å²) in [4.78, 5) is 24.3. The molecule has 0 saturated heterocycles. The van der Waals surface area contributed by atoms with Crippen LogP contribution >= 0.6 is 0 Å². The van der Waals surface area contributed by atoms with E-state index in [-0.39, 0.29) is 11.3 Å². The number of hydrogen-bond donors (Lipinski definition) is 1. The number of sulfone groups is 1. The van der Waals surface area contributed by atoms with E-state index in [0.29, 0.717) is 17.0 Å². The quantitative estimate of drug-likeness (QED) is 0.728. The third-order valence-electron chi connectivity index (χ3n) is 3.63. The molecule has 2 rings (SSSR count). The molecule has 0 fully saturated rings. The maximum absolute atomic E-state index is 12.2. The third-order valence-corrected chi connectivity index (χ3v) is 4.49. The van der Waals surface area contributed by atoms with Gasteiger partial charge in [0.25, 0.3) is 5.91 Å². The molecular formula is C19H21NO6S. The van der Waals surface area contributed by atoms with Crippen molar-refractivity contribution in [1.82, 2.24) is 0 Å². The van der Waals surface area contributed by atoms with Gasteiger partial charge in [-0.1, -0.05) is 12.1 Å². The zero-order valence-electron chi connectivity index (χ0n) is 15.3. The highest BCUT2D eigenvalue weighted by molar-refractivity contribution is 7.89. The highest BCUT2D eigenvalue weighted by atomic mass is 32.2. The Labute approximate surface area is 158 Å². The van der Waals surface area contributed by atoms with E-state index >= 15 is 0 Å². The molecule has 27 heavy (non-hydrogen) atoms. The Balaban J connectivity index is 1.94. The number of methoxy groups -OCH3 is 1. The van der Waals surface area contributed by atoms with Crippen molar-refractivity contribution < 1.29 is 27.5 Å². The molecule has 8 heteroatoms. The standard InChI is InChI=1S/C19H21NO6S/c1-13(18(21)20-16-8-10-17(25-2)11-9-16)26-19(22)15-6-4-14(5-7-15)12-27(3,23)24/h4-11,13H,12H2,1-3H3,(H,20,21)/t13-/m1/s1. The fourth-order valence-corrected chi connectivity index (χ4v) is 3.04. The molecule has 0 heterocycles. The third kappa shape index (κ3) is 6.41. The molecule has 1 N–H and O–H groups in total. The monoisotopic (exact) mass is 391 g/mol. The molecule has 0 radical (unpaired) electrons. The molecule has 7 nitrogen and oxygen atoms in total. The Morgan fingerprint density at radius 3 is 2.15 bits per heavy atom. The number of carbonyl (C=O) groups excluding carboxylic acids is 2. The van der Waals surface area contributed by atoms with E-state index in [1.807, 2.05) is 0 Å². The van der Waals surface area contributed by atoms with Crippen LogP contribution in [0.4, 0.5) is 5.69 Å². The molecule has 0 bridgehead atoms. The van der Waals surface area contributed by atoms with Crippen LogP contribution in [0.3, 0.4) is 0 Å². The molecule has 144 valence electrons. The predicted octanol–water partition coefficient (Wildman–Crippen LogP) is 2.42. The number of benzene rings is 2. The molecular weight excluding hydrogens is 370 g/mol. The maximum Gasteiger partial charge on any atom is 0.338 e. The van der Waals surface area contributed by atoms with Crippen molar-refractivity contribution >= 4 is 27.4 Å². The largest absolute Gasteiger partial charge is 0.497 e. The van der Waals surface area contributed by atoms with Gasteiger partial charge in [-0.2, -0.15) is 0 Å². The Morgan fingerprint density at radius 2 is 1.63 bits per heavy atom. The van der Waals surface area contributed by atoms with Gasteiger partial charge in [0.15, 0.2) is 15.9 Å². The summed E-state index contributed by atoms with van der Waals surface area (Å²) in [5, 5.41) is 2.65. The summed E-state index contributed by atoms with van der Waals surface area (Å²) in [5.41, 5.74) is 1.35. The molecule has 2 aromatic carbocycles. The summed E-state index contributed by atoms with van der Waals surface area (Å²) in [6.45, 7) is 1.47. The van der Waals surface area contributed by atoms with E-state index < -0.39 is 27.8 Å². The van der Waals surface area contributed by atoms with Crippen LogP contribution in [0.1, 0.15) is 22.8 Å². The number of esters is 1. The van der Waals surface area contributed by atoms with E-state index in [9.17, 15) is 18.0 Å². The summed E-state index contributed by atoms with van der Waals surface area (Å²) < 4.78 is 32.8. The van der Waals surface area contributed by atoms with Crippen molar-refractivity contribution in [3.05, 3.63) is 59.7 Å². The lowest BCUT2D eigenvalue weighted by molar-refractivity contribution is -0.123. The predicted molar refractivity (Wildman–Crippen MR) is 101 cm³/mol. The molecule has 0 spiro atoms. The molecule has 0 aliphatic heterocycles. The van der Waals surface area contributed by atoms with Crippen LogP contribution in [0.2, 0.25) is 0 Å². The van der Waals surface area contributed by atoms with Gasteiger partial charge < -0.3 is 14.8 Å². The summed E-state index contributed by atoms with van der Waals surface area (Å²) in [6.07, 6.45) is 0.133. The molecule has 1 atom stereocenters. The first-order valence-corrected chi connectivity index (χ1v) is 10.2. The minimum atomic E-state index is -3.15. The number of ether oxygens (including phenoxy) is 2. The fraction of sp³-hybridized carbons (Fsp3) is 0.263. The fourth-order valence-electron chi connectivity index (χ4n) is 2.24. The highest BCUT2D eigenvalue weighted by Crippen LogP contribution is 2.16. The van der Waals surface area contributed by atoms with Crippen LogP contribution in [0.15, 0.2) is 48.5 Å². The second kappa shape index (κ2) is 8.68. The van der Waals surface area contributed by atoms with Gasteiger partial charge in [0, 0.05) is 11.9 Å². The van der Waals surface area contributed by atoms with Crippen LogP contribution in [0, 0.1) is 0 Å². The lowest BCUT2D eigenvalue weighted by Crippen LogP contribution is -2.30. The van der Waals surface area contributed by atoms with Crippen LogP contribution < -0.4 is 10.1 Å². The van der Waals surface area contributed by atoms with Crippen molar-refractivity contribution in [2.45, 2.75) is 18.8 Å². The lowest BCUT2D eigenvalue weighted by Gasteiger charge is -2.14. The topological polar surface area (TPSA) is 98.8 Å². The van der Waals surface area contributed by atoms with Crippen LogP contribution in [0.25, 0.3) is 0 Å². The summed E-state index contributed by atoms with van der Waals surface area (Å²) in [5.74, 6) is -0.587. The van der Waals surface area contributed by atoms with E-state index in [1.54, 1.807) is 43.5 Å². The van der Waals surface area contributed by atoms with Crippen LogP contribution in [0.5, 0.6) is 5.75 Å². The lowest BCUT2D eigenvalue weighted by atomic mass is 10.1. The molecule has 0 unspecified atom stereocenters. The summed E-state index contributed by atoms with van der Waals surface area (Å²) in [6, 6.07) is 12.8. The van der Waals surface area contributed by atoms with Gasteiger partial charge in [-0.3, -0.25) is 4.79 Å². The van der Waals surface area contributed by atoms with E-state index in [4.69, 9.17) is 9.47 Å². The Morgan fingerprint density at radius 1 is 1.04 bits per heavy atom. The van der Waals surface area contributed by atoms with Crippen molar-refractivity contribution in [2.24, 2.45) is 0 Å². The SMILES string of the molecule is COc1ccc(NC(=O)[C@@H](C)OC(=O)c2ccc(CS(C)(=O)=O)cc2)cc1. The van der Waals surface area contributed by atoms with Gasteiger partial charge in [-0.05, 0) is 48.9 Å². The van der Waals surface area contributed by atoms with E-state index in [0.717, 1.165) is 6.26 Å². The Hall–Kier alpha value is -2.87. The average Bonchev–Trinajstić information content (AvgIpc) is 2.61. The molecule has 1 amide bonds. The van der Waals surface area contributed by atoms with Gasteiger partial charge >= 0.3 is 5.97 Å². The second-order valence-electron chi connectivity index (χ2n) is 6.03. The number of nitrogens with one attached hydrogen (secondary N) is 1. The number of amides is 1. The first-order chi connectivity index (χ1) is 12.7. The van der Waals surface area contributed by atoms with Crippen molar-refractivity contribution in [3.8, 4) is 5.75 Å². The average molecular weight is 391 g/mol. The van der Waals surface area contributed by atoms with Gasteiger partial charge in [-0.15, -0.1) is 0 Å². The Kier molecular flexibility index (Phi) is 6.57. The number of carbonyl (C=O) groups is 2. The second-order valence-corrected chi connectivity index (χ2v) is 8.17. The summed E-state index contributed by atoms with van der Waals surface area (Å²) in [7, 11) is -1.61. The minimum Gasteiger partial charge on any atom is -0.497 e. The zero-order valence-corrected chi connectivity index (χ0v) is 16.1. The van der Waals surface area contributed by atoms with E-state index in [1.165, 1.54) is 19.1 Å². The molecule has 0 aliphatic rings. The molecule has 2 aromatic rings. The minimum absolute atomic E-state index is 0.108. The first kappa shape index (κ1) is 20.4. The van der Waals surface area contributed by atoms with E-state index in [2.05, 4.69) is 5.32 Å². The van der Waals surface area contributed by atoms with Crippen molar-refractivity contribution in [3.63, 3.8) is 0 Å². The van der Waals surface area contributed by atoms with Gasteiger partial charge in [0.2, 0.25) is 0 Å². The number of rotatable bonds is 7. The zero-order chi connectivity index (χ0) is 20.0. The number of hydrogen-bond acceptors (Lipinski definition) is 6. The van der Waals surface area contributed by atoms with Gasteiger partial charge in [-0.25, -0.2) is 13.2 Å². The molecule has 0 saturated carbocycles. The maximum atomic E-state index is 12.2. The van der Waals surface area contributed by atoms with Gasteiger partial charge in [0.1, 0.15) is 5.75 Å². The smallest absolute Gasteiger partial charge is 0.338 e. The van der Waals surface area contributed by atoms with Crippen LogP contribution in [-0.2, 0) is 25.1 Å². The van der Waals surface area contributed by atoms with Crippen molar-refractivity contribution in [1.29, 1.82) is 0 Å². The highest BCUT2D eigenvalue weighted by Gasteiger charge is 2.19. The normalized spacial score (nSPS) is 12.1. The summed E-state index contributed by atoms with van der Waals surface area (Å²) >= 11 is 0. The number of anilines is 1. The molecule has 0 aliphatic carbocycles. The van der Waals surface area contributed by atoms with Crippen molar-refractivity contribution in [2.75, 3.05) is 18.7 Å². The van der Waals surface area contributed by atoms with Gasteiger partial charge in [0.05, 0.1) is 18.4 Å².